The van der Waals surface area contributed by atoms with Gasteiger partial charge in [-0.15, -0.1) is 11.8 Å². The predicted octanol–water partition coefficient (Wildman–Crippen LogP) is 5.14. The van der Waals surface area contributed by atoms with Crippen LogP contribution in [0.4, 0.5) is 0 Å². The summed E-state index contributed by atoms with van der Waals surface area (Å²) in [6.45, 7) is 4.40. The smallest absolute Gasteiger partial charge is 0.0277 e. The van der Waals surface area contributed by atoms with E-state index in [1.54, 1.807) is 0 Å². The lowest BCUT2D eigenvalue weighted by atomic mass is 9.91. The molecule has 0 saturated heterocycles. The third-order valence-electron chi connectivity index (χ3n) is 3.65. The molecule has 2 rings (SSSR count). The van der Waals surface area contributed by atoms with Gasteiger partial charge >= 0.3 is 0 Å². The summed E-state index contributed by atoms with van der Waals surface area (Å²) >= 11 is 5.66. The Bertz CT molecular complexity index is 405. The Morgan fingerprint density at radius 2 is 2.17 bits per heavy atom. The number of rotatable bonds is 3. The highest BCUT2D eigenvalue weighted by Gasteiger charge is 2.20. The Kier molecular flexibility index (Phi) is 5.16. The Hall–Kier alpha value is 0.01000. The molecule has 1 saturated carbocycles. The average Bonchev–Trinajstić information content (AvgIpc) is 2.28. The number of hydrogen-bond acceptors (Lipinski definition) is 2. The number of benzene rings is 1. The van der Waals surface area contributed by atoms with Gasteiger partial charge in [-0.2, -0.15) is 0 Å². The molecule has 0 aromatic heterocycles. The van der Waals surface area contributed by atoms with Crippen molar-refractivity contribution in [3.63, 3.8) is 0 Å². The maximum atomic E-state index is 5.93. The number of thioether (sulfide) groups is 1. The molecule has 0 radical (unpaired) electrons. The molecule has 0 spiro atoms. The van der Waals surface area contributed by atoms with E-state index in [2.05, 4.69) is 41.1 Å². The van der Waals surface area contributed by atoms with Gasteiger partial charge in [-0.25, -0.2) is 0 Å². The van der Waals surface area contributed by atoms with Gasteiger partial charge in [0.25, 0.3) is 0 Å². The van der Waals surface area contributed by atoms with Crippen molar-refractivity contribution < 1.29 is 0 Å². The standard InChI is InChI=1S/C15H22BrNS/c1-10-4-3-5-12(8-10)18-13-6-7-14(11(2)17)15(16)9-13/h6-7,9-12H,3-5,8,17H2,1-2H3. The second kappa shape index (κ2) is 6.44. The molecule has 18 heavy (non-hydrogen) atoms. The summed E-state index contributed by atoms with van der Waals surface area (Å²) in [5.41, 5.74) is 7.12. The molecule has 1 nitrogen and oxygen atoms in total. The van der Waals surface area contributed by atoms with E-state index < -0.39 is 0 Å². The first-order chi connectivity index (χ1) is 8.56. The highest BCUT2D eigenvalue weighted by Crippen LogP contribution is 2.37. The maximum absolute atomic E-state index is 5.93. The molecule has 2 N–H and O–H groups in total. The van der Waals surface area contributed by atoms with Crippen LogP contribution in [0.25, 0.3) is 0 Å². The van der Waals surface area contributed by atoms with Crippen LogP contribution in [0.2, 0.25) is 0 Å². The van der Waals surface area contributed by atoms with Gasteiger partial charge in [-0.1, -0.05) is 41.8 Å². The van der Waals surface area contributed by atoms with E-state index in [0.29, 0.717) is 0 Å². The molecule has 1 aromatic rings. The highest BCUT2D eigenvalue weighted by atomic mass is 79.9. The Morgan fingerprint density at radius 3 is 2.78 bits per heavy atom. The molecule has 1 aromatic carbocycles. The van der Waals surface area contributed by atoms with E-state index in [0.717, 1.165) is 15.6 Å². The minimum atomic E-state index is 0.0909. The number of halogens is 1. The molecule has 0 aliphatic heterocycles. The molecule has 0 heterocycles. The molecule has 100 valence electrons. The lowest BCUT2D eigenvalue weighted by Crippen LogP contribution is -2.14. The third-order valence-corrected chi connectivity index (χ3v) is 5.63. The maximum Gasteiger partial charge on any atom is 0.0277 e. The zero-order valence-electron chi connectivity index (χ0n) is 11.2. The van der Waals surface area contributed by atoms with Gasteiger partial charge in [0, 0.05) is 20.7 Å². The van der Waals surface area contributed by atoms with Crippen LogP contribution in [-0.2, 0) is 0 Å². The quantitative estimate of drug-likeness (QED) is 0.831. The van der Waals surface area contributed by atoms with E-state index in [1.165, 1.54) is 36.1 Å². The molecular weight excluding hydrogens is 306 g/mol. The lowest BCUT2D eigenvalue weighted by molar-refractivity contribution is 0.394. The van der Waals surface area contributed by atoms with Crippen LogP contribution < -0.4 is 5.73 Å². The van der Waals surface area contributed by atoms with Crippen molar-refractivity contribution >= 4 is 27.7 Å². The fraction of sp³-hybridized carbons (Fsp3) is 0.600. The summed E-state index contributed by atoms with van der Waals surface area (Å²) in [5, 5.41) is 0.793. The van der Waals surface area contributed by atoms with Crippen LogP contribution in [-0.4, -0.2) is 5.25 Å². The second-order valence-corrected chi connectivity index (χ2v) is 7.71. The molecule has 1 aliphatic carbocycles. The Morgan fingerprint density at radius 1 is 1.39 bits per heavy atom. The van der Waals surface area contributed by atoms with Crippen molar-refractivity contribution in [1.82, 2.24) is 0 Å². The van der Waals surface area contributed by atoms with Gasteiger partial charge in [0.15, 0.2) is 0 Å². The molecule has 0 bridgehead atoms. The first-order valence-electron chi connectivity index (χ1n) is 6.78. The topological polar surface area (TPSA) is 26.0 Å². The molecular formula is C15H22BrNS. The number of nitrogens with two attached hydrogens (primary N) is 1. The predicted molar refractivity (Wildman–Crippen MR) is 84.0 cm³/mol. The molecule has 1 aliphatic rings. The minimum absolute atomic E-state index is 0.0909. The summed E-state index contributed by atoms with van der Waals surface area (Å²) in [5.74, 6) is 0.892. The fourth-order valence-corrected chi connectivity index (χ4v) is 4.95. The zero-order valence-corrected chi connectivity index (χ0v) is 13.6. The van der Waals surface area contributed by atoms with E-state index >= 15 is 0 Å². The van der Waals surface area contributed by atoms with Gasteiger partial charge < -0.3 is 5.73 Å². The second-order valence-electron chi connectivity index (χ2n) is 5.48. The third kappa shape index (κ3) is 3.75. The van der Waals surface area contributed by atoms with Gasteiger partial charge in [0.2, 0.25) is 0 Å². The van der Waals surface area contributed by atoms with Gasteiger partial charge in [0.05, 0.1) is 0 Å². The van der Waals surface area contributed by atoms with Gasteiger partial charge in [-0.05, 0) is 43.4 Å². The van der Waals surface area contributed by atoms with Gasteiger partial charge in [-0.3, -0.25) is 0 Å². The molecule has 0 amide bonds. The van der Waals surface area contributed by atoms with Crippen molar-refractivity contribution in [2.45, 2.75) is 55.7 Å². The summed E-state index contributed by atoms with van der Waals surface area (Å²) in [6.07, 6.45) is 5.52. The van der Waals surface area contributed by atoms with Crippen LogP contribution >= 0.6 is 27.7 Å². The Balaban J connectivity index is 2.03. The van der Waals surface area contributed by atoms with E-state index in [1.807, 2.05) is 18.7 Å². The summed E-state index contributed by atoms with van der Waals surface area (Å²) < 4.78 is 1.14. The van der Waals surface area contributed by atoms with Crippen LogP contribution in [0.3, 0.4) is 0 Å². The van der Waals surface area contributed by atoms with Crippen LogP contribution in [0.15, 0.2) is 27.6 Å². The van der Waals surface area contributed by atoms with Crippen LogP contribution in [0.1, 0.15) is 51.1 Å². The van der Waals surface area contributed by atoms with Crippen molar-refractivity contribution in [3.05, 3.63) is 28.2 Å². The van der Waals surface area contributed by atoms with Crippen molar-refractivity contribution in [2.75, 3.05) is 0 Å². The summed E-state index contributed by atoms with van der Waals surface area (Å²) in [4.78, 5) is 1.37. The Labute approximate surface area is 123 Å². The van der Waals surface area contributed by atoms with E-state index in [-0.39, 0.29) is 6.04 Å². The molecule has 3 atom stereocenters. The molecule has 1 fully saturated rings. The van der Waals surface area contributed by atoms with Crippen molar-refractivity contribution in [1.29, 1.82) is 0 Å². The minimum Gasteiger partial charge on any atom is -0.324 e. The average molecular weight is 328 g/mol. The summed E-state index contributed by atoms with van der Waals surface area (Å²) in [7, 11) is 0. The highest BCUT2D eigenvalue weighted by molar-refractivity contribution is 9.10. The first-order valence-corrected chi connectivity index (χ1v) is 8.45. The van der Waals surface area contributed by atoms with Crippen molar-refractivity contribution in [3.8, 4) is 0 Å². The van der Waals surface area contributed by atoms with Crippen LogP contribution in [0.5, 0.6) is 0 Å². The van der Waals surface area contributed by atoms with E-state index in [9.17, 15) is 0 Å². The summed E-state index contributed by atoms with van der Waals surface area (Å²) in [6, 6.07) is 6.69. The molecule has 3 heteroatoms. The van der Waals surface area contributed by atoms with Crippen molar-refractivity contribution in [2.24, 2.45) is 11.7 Å². The normalized spacial score (nSPS) is 26.0. The fourth-order valence-electron chi connectivity index (χ4n) is 2.63. The monoisotopic (exact) mass is 327 g/mol. The van der Waals surface area contributed by atoms with Crippen LogP contribution in [0, 0.1) is 5.92 Å². The zero-order chi connectivity index (χ0) is 13.1. The lowest BCUT2D eigenvalue weighted by Gasteiger charge is -2.26. The van der Waals surface area contributed by atoms with Gasteiger partial charge in [0.1, 0.15) is 0 Å². The SMILES string of the molecule is CC1CCCC(Sc2ccc(C(C)N)c(Br)c2)C1. The number of hydrogen-bond donors (Lipinski definition) is 1. The first kappa shape index (κ1) is 14.4. The molecule has 3 unspecified atom stereocenters. The van der Waals surface area contributed by atoms with E-state index in [4.69, 9.17) is 5.73 Å². The largest absolute Gasteiger partial charge is 0.324 e.